The molecule has 160 valence electrons. The first-order valence-electron chi connectivity index (χ1n) is 9.36. The maximum absolute atomic E-state index is 11.0. The van der Waals surface area contributed by atoms with Gasteiger partial charge in [-0.15, -0.1) is 0 Å². The van der Waals surface area contributed by atoms with Crippen molar-refractivity contribution in [3.63, 3.8) is 0 Å². The number of aliphatic hydroxyl groups excluding tert-OH is 1. The van der Waals surface area contributed by atoms with Crippen LogP contribution in [0, 0.1) is 7.14 Å². The summed E-state index contributed by atoms with van der Waals surface area (Å²) in [6.45, 7) is 1.47. The van der Waals surface area contributed by atoms with E-state index in [1.165, 1.54) is 30.8 Å². The fourth-order valence-electron chi connectivity index (χ4n) is 3.82. The van der Waals surface area contributed by atoms with E-state index in [9.17, 15) is 9.90 Å². The molecule has 2 atom stereocenters. The predicted molar refractivity (Wildman–Crippen MR) is 137 cm³/mol. The highest BCUT2D eigenvalue weighted by Gasteiger charge is 2.22. The van der Waals surface area contributed by atoms with Crippen LogP contribution in [0.2, 0.25) is 0 Å². The number of carbonyl (C=O) groups is 1. The van der Waals surface area contributed by atoms with Crippen LogP contribution in [0.1, 0.15) is 81.9 Å². The highest BCUT2D eigenvalue weighted by molar-refractivity contribution is 14.1. The molecule has 2 unspecified atom stereocenters. The number of rotatable bonds is 1. The second-order valence-electron chi connectivity index (χ2n) is 7.08. The van der Waals surface area contributed by atoms with E-state index < -0.39 is 0 Å². The van der Waals surface area contributed by atoms with Crippen molar-refractivity contribution in [1.82, 2.24) is 0 Å². The maximum atomic E-state index is 11.0. The summed E-state index contributed by atoms with van der Waals surface area (Å²) in [5.74, 6) is -0.189. The molecule has 1 N–H and O–H groups in total. The number of hydrogen-bond acceptors (Lipinski definition) is 3. The Morgan fingerprint density at radius 2 is 1.45 bits per heavy atom. The summed E-state index contributed by atoms with van der Waals surface area (Å²) < 4.78 is 7.83. The Morgan fingerprint density at radius 3 is 2.03 bits per heavy atom. The molecule has 0 saturated heterocycles. The molecule has 0 saturated carbocycles. The van der Waals surface area contributed by atoms with E-state index in [0.717, 1.165) is 44.1 Å². The van der Waals surface area contributed by atoms with Gasteiger partial charge in [0.05, 0.1) is 6.10 Å². The standard InChI is InChI=1S/C12H13IO2.C10H11IO.2CH4/c1-8(14)15-12-4-2-3-9-7-10(13)5-6-11(9)12;11-8-4-5-9-7(6-8)2-1-3-10(9)12;;/h5-7,12H,2-4H2,1H3;4-6,10,12H,1-3H2;2*1H4. The van der Waals surface area contributed by atoms with E-state index >= 15 is 0 Å². The lowest BCUT2D eigenvalue weighted by atomic mass is 9.89. The molecule has 0 heterocycles. The van der Waals surface area contributed by atoms with Gasteiger partial charge in [-0.3, -0.25) is 4.79 Å². The fraction of sp³-hybridized carbons (Fsp3) is 0.458. The number of aliphatic hydroxyl groups is 1. The Balaban J connectivity index is 0.000000277. The highest BCUT2D eigenvalue weighted by Crippen LogP contribution is 2.33. The van der Waals surface area contributed by atoms with Gasteiger partial charge in [-0.1, -0.05) is 27.0 Å². The van der Waals surface area contributed by atoms with Crippen LogP contribution in [0.4, 0.5) is 0 Å². The van der Waals surface area contributed by atoms with Crippen molar-refractivity contribution in [2.75, 3.05) is 0 Å². The van der Waals surface area contributed by atoms with Gasteiger partial charge in [0.1, 0.15) is 6.10 Å². The fourth-order valence-corrected chi connectivity index (χ4v) is 4.93. The van der Waals surface area contributed by atoms with Gasteiger partial charge < -0.3 is 9.84 Å². The largest absolute Gasteiger partial charge is 0.458 e. The number of benzene rings is 2. The molecule has 0 radical (unpaired) electrons. The first kappa shape index (κ1) is 26.4. The molecule has 2 aliphatic rings. The van der Waals surface area contributed by atoms with Crippen LogP contribution in [0.25, 0.3) is 0 Å². The number of hydrogen-bond donors (Lipinski definition) is 1. The zero-order valence-corrected chi connectivity index (χ0v) is 19.7. The molecule has 3 nitrogen and oxygen atoms in total. The molecule has 5 heteroatoms. The minimum absolute atomic E-state index is 0. The molecule has 29 heavy (non-hydrogen) atoms. The molecule has 0 aromatic heterocycles. The van der Waals surface area contributed by atoms with Crippen LogP contribution in [0.5, 0.6) is 0 Å². The second-order valence-corrected chi connectivity index (χ2v) is 9.58. The van der Waals surface area contributed by atoms with E-state index in [1.54, 1.807) is 0 Å². The molecule has 2 aliphatic carbocycles. The number of ether oxygens (including phenoxy) is 1. The molecule has 0 spiro atoms. The molecular weight excluding hydrogens is 590 g/mol. The second kappa shape index (κ2) is 12.2. The average molecular weight is 622 g/mol. The van der Waals surface area contributed by atoms with E-state index in [-0.39, 0.29) is 33.0 Å². The predicted octanol–water partition coefficient (Wildman–Crippen LogP) is 7.16. The quantitative estimate of drug-likeness (QED) is 0.271. The summed E-state index contributed by atoms with van der Waals surface area (Å²) in [5.41, 5.74) is 5.00. The number of halogens is 2. The van der Waals surface area contributed by atoms with Crippen LogP contribution in [-0.4, -0.2) is 11.1 Å². The lowest BCUT2D eigenvalue weighted by Crippen LogP contribution is -2.15. The van der Waals surface area contributed by atoms with Crippen molar-refractivity contribution in [2.45, 2.75) is 72.5 Å². The highest BCUT2D eigenvalue weighted by atomic mass is 127. The van der Waals surface area contributed by atoms with E-state index in [4.69, 9.17) is 4.74 Å². The summed E-state index contributed by atoms with van der Waals surface area (Å²) in [4.78, 5) is 11.0. The van der Waals surface area contributed by atoms with Gasteiger partial charge in [0.15, 0.2) is 0 Å². The Kier molecular flexibility index (Phi) is 11.1. The smallest absolute Gasteiger partial charge is 0.303 e. The van der Waals surface area contributed by atoms with Crippen LogP contribution >= 0.6 is 45.2 Å². The van der Waals surface area contributed by atoms with Crippen molar-refractivity contribution in [1.29, 1.82) is 0 Å². The Labute approximate surface area is 202 Å². The molecule has 4 rings (SSSR count). The molecule has 2 aromatic carbocycles. The SMILES string of the molecule is C.C.CC(=O)OC1CCCc2cc(I)ccc21.OC1CCCc2cc(I)ccc21. The normalized spacial score (nSPS) is 19.2. The minimum atomic E-state index is -0.217. The van der Waals surface area contributed by atoms with Gasteiger partial charge in [0, 0.05) is 14.1 Å². The Hall–Kier alpha value is -0.670. The van der Waals surface area contributed by atoms with Crippen LogP contribution in [-0.2, 0) is 22.4 Å². The molecule has 2 aromatic rings. The van der Waals surface area contributed by atoms with Crippen LogP contribution in [0.15, 0.2) is 36.4 Å². The van der Waals surface area contributed by atoms with Crippen molar-refractivity contribution < 1.29 is 14.6 Å². The third-order valence-corrected chi connectivity index (χ3v) is 6.40. The van der Waals surface area contributed by atoms with Crippen molar-refractivity contribution in [3.8, 4) is 0 Å². The maximum Gasteiger partial charge on any atom is 0.303 e. The molecule has 0 aliphatic heterocycles. The van der Waals surface area contributed by atoms with Crippen molar-refractivity contribution >= 4 is 51.2 Å². The zero-order valence-electron chi connectivity index (χ0n) is 15.4. The summed E-state index contributed by atoms with van der Waals surface area (Å²) in [5, 5.41) is 9.65. The summed E-state index contributed by atoms with van der Waals surface area (Å²) in [6.07, 6.45) is 6.08. The average Bonchev–Trinajstić information content (AvgIpc) is 2.62. The van der Waals surface area contributed by atoms with Gasteiger partial charge in [-0.05, 0) is 130 Å². The third kappa shape index (κ3) is 7.21. The third-order valence-electron chi connectivity index (χ3n) is 5.06. The number of carbonyl (C=O) groups excluding carboxylic acids is 1. The van der Waals surface area contributed by atoms with Crippen LogP contribution < -0.4 is 0 Å². The summed E-state index contributed by atoms with van der Waals surface area (Å²) in [7, 11) is 0. The van der Waals surface area contributed by atoms with Crippen molar-refractivity contribution in [3.05, 3.63) is 65.8 Å². The Morgan fingerprint density at radius 1 is 0.931 bits per heavy atom. The van der Waals surface area contributed by atoms with Gasteiger partial charge in [-0.2, -0.15) is 0 Å². The lowest BCUT2D eigenvalue weighted by Gasteiger charge is -2.25. The molecule has 0 amide bonds. The van der Waals surface area contributed by atoms with Gasteiger partial charge in [0.2, 0.25) is 0 Å². The van der Waals surface area contributed by atoms with Gasteiger partial charge >= 0.3 is 5.97 Å². The minimum Gasteiger partial charge on any atom is -0.458 e. The number of fused-ring (bicyclic) bond motifs is 2. The van der Waals surface area contributed by atoms with E-state index in [1.807, 2.05) is 0 Å². The molecule has 0 fully saturated rings. The number of aryl methyl sites for hydroxylation is 2. The monoisotopic (exact) mass is 622 g/mol. The van der Waals surface area contributed by atoms with E-state index in [2.05, 4.69) is 81.6 Å². The zero-order chi connectivity index (χ0) is 19.4. The van der Waals surface area contributed by atoms with E-state index in [0.29, 0.717) is 0 Å². The summed E-state index contributed by atoms with van der Waals surface area (Å²) >= 11 is 4.62. The number of esters is 1. The topological polar surface area (TPSA) is 46.5 Å². The Bertz CT molecular complexity index is 820. The van der Waals surface area contributed by atoms with Gasteiger partial charge in [0.25, 0.3) is 0 Å². The first-order chi connectivity index (χ1) is 12.9. The molecule has 0 bridgehead atoms. The first-order valence-corrected chi connectivity index (χ1v) is 11.5. The lowest BCUT2D eigenvalue weighted by molar-refractivity contribution is -0.147. The van der Waals surface area contributed by atoms with Crippen LogP contribution in [0.3, 0.4) is 0 Å². The van der Waals surface area contributed by atoms with Crippen molar-refractivity contribution in [2.24, 2.45) is 0 Å². The summed E-state index contributed by atoms with van der Waals surface area (Å²) in [6, 6.07) is 12.6. The molecular formula is C24H32I2O3. The van der Waals surface area contributed by atoms with Gasteiger partial charge in [-0.25, -0.2) is 0 Å².